The van der Waals surface area contributed by atoms with Gasteiger partial charge in [0.25, 0.3) is 0 Å². The summed E-state index contributed by atoms with van der Waals surface area (Å²) < 4.78 is 0. The van der Waals surface area contributed by atoms with E-state index in [1.54, 1.807) is 0 Å². The molecular weight excluding hydrogens is 286 g/mol. The fourth-order valence-corrected chi connectivity index (χ4v) is 3.62. The third kappa shape index (κ3) is 4.14. The Hall–Kier alpha value is -1.81. The molecule has 1 aliphatic heterocycles. The molecule has 1 unspecified atom stereocenters. The predicted octanol–water partition coefficient (Wildman–Crippen LogP) is 2.85. The second kappa shape index (κ2) is 7.64. The molecule has 0 radical (unpaired) electrons. The van der Waals surface area contributed by atoms with Crippen molar-refractivity contribution in [3.05, 3.63) is 36.0 Å². The van der Waals surface area contributed by atoms with Crippen LogP contribution >= 0.6 is 0 Å². The summed E-state index contributed by atoms with van der Waals surface area (Å²) in [5.74, 6) is 1.36. The average molecular weight is 313 g/mol. The largest absolute Gasteiger partial charge is 0.361 e. The normalized spacial score (nSPS) is 17.3. The average Bonchev–Trinajstić information content (AvgIpc) is 2.99. The number of aromatic amines is 1. The van der Waals surface area contributed by atoms with Gasteiger partial charge >= 0.3 is 0 Å². The lowest BCUT2D eigenvalue weighted by Crippen LogP contribution is -2.34. The Balaban J connectivity index is 1.44. The molecule has 3 rings (SSSR count). The number of carbonyl (C=O) groups is 1. The lowest BCUT2D eigenvalue weighted by molar-refractivity contribution is -0.122. The van der Waals surface area contributed by atoms with Gasteiger partial charge < -0.3 is 15.6 Å². The van der Waals surface area contributed by atoms with Gasteiger partial charge in [0.15, 0.2) is 0 Å². The summed E-state index contributed by atoms with van der Waals surface area (Å²) in [5.41, 5.74) is 2.43. The third-order valence-corrected chi connectivity index (χ3v) is 5.09. The number of nitrogens with one attached hydrogen (secondary N) is 3. The molecule has 0 spiro atoms. The topological polar surface area (TPSA) is 56.9 Å². The highest BCUT2D eigenvalue weighted by atomic mass is 16.1. The van der Waals surface area contributed by atoms with Crippen molar-refractivity contribution in [2.75, 3.05) is 19.6 Å². The molecule has 1 aromatic heterocycles. The fraction of sp³-hybridized carbons (Fsp3) is 0.526. The van der Waals surface area contributed by atoms with Gasteiger partial charge in [-0.2, -0.15) is 0 Å². The van der Waals surface area contributed by atoms with Crippen LogP contribution in [0.5, 0.6) is 0 Å². The van der Waals surface area contributed by atoms with Crippen molar-refractivity contribution in [2.45, 2.75) is 32.6 Å². The van der Waals surface area contributed by atoms with E-state index < -0.39 is 0 Å². The van der Waals surface area contributed by atoms with Crippen LogP contribution in [0.4, 0.5) is 0 Å². The van der Waals surface area contributed by atoms with E-state index in [1.165, 1.54) is 23.8 Å². The van der Waals surface area contributed by atoms with E-state index >= 15 is 0 Å². The number of benzene rings is 1. The molecule has 2 heterocycles. The van der Waals surface area contributed by atoms with E-state index in [1.807, 2.05) is 6.07 Å². The molecule has 0 aliphatic carbocycles. The zero-order chi connectivity index (χ0) is 16.1. The summed E-state index contributed by atoms with van der Waals surface area (Å²) in [4.78, 5) is 15.4. The third-order valence-electron chi connectivity index (χ3n) is 5.09. The zero-order valence-electron chi connectivity index (χ0n) is 13.9. The fourth-order valence-electron chi connectivity index (χ4n) is 3.62. The molecule has 1 fully saturated rings. The summed E-state index contributed by atoms with van der Waals surface area (Å²) in [6.07, 6.45) is 5.97. The standard InChI is InChI=1S/C19H27N3O/c1-14(15-6-9-20-10-7-15)12-19(23)21-11-8-16-13-22-18-5-3-2-4-17(16)18/h2-5,13-15,20,22H,6-12H2,1H3,(H,21,23). The maximum absolute atomic E-state index is 12.2. The number of fused-ring (bicyclic) bond motifs is 1. The van der Waals surface area contributed by atoms with E-state index in [0.717, 1.165) is 25.0 Å². The summed E-state index contributed by atoms with van der Waals surface area (Å²) in [7, 11) is 0. The first kappa shape index (κ1) is 16.1. The Bertz CT molecular complexity index is 643. The molecule has 23 heavy (non-hydrogen) atoms. The Kier molecular flexibility index (Phi) is 5.34. The smallest absolute Gasteiger partial charge is 0.220 e. The molecule has 1 saturated heterocycles. The first-order valence-electron chi connectivity index (χ1n) is 8.76. The van der Waals surface area contributed by atoms with Crippen molar-refractivity contribution in [3.8, 4) is 0 Å². The maximum atomic E-state index is 12.2. The van der Waals surface area contributed by atoms with Gasteiger partial charge in [-0.1, -0.05) is 25.1 Å². The van der Waals surface area contributed by atoms with Crippen LogP contribution < -0.4 is 10.6 Å². The van der Waals surface area contributed by atoms with E-state index in [9.17, 15) is 4.79 Å². The number of hydrogen-bond donors (Lipinski definition) is 3. The molecule has 1 amide bonds. The van der Waals surface area contributed by atoms with Gasteiger partial charge in [-0.25, -0.2) is 0 Å². The summed E-state index contributed by atoms with van der Waals surface area (Å²) in [5, 5.41) is 7.73. The molecule has 1 aliphatic rings. The number of H-pyrrole nitrogens is 1. The van der Waals surface area contributed by atoms with Gasteiger partial charge in [-0.15, -0.1) is 0 Å². The van der Waals surface area contributed by atoms with Gasteiger partial charge in [-0.05, 0) is 55.8 Å². The van der Waals surface area contributed by atoms with Crippen molar-refractivity contribution >= 4 is 16.8 Å². The lowest BCUT2D eigenvalue weighted by Gasteiger charge is -2.27. The lowest BCUT2D eigenvalue weighted by atomic mass is 9.84. The number of rotatable bonds is 6. The van der Waals surface area contributed by atoms with Gasteiger partial charge in [0.2, 0.25) is 5.91 Å². The molecule has 0 bridgehead atoms. The Morgan fingerprint density at radius 3 is 2.91 bits per heavy atom. The number of hydrogen-bond acceptors (Lipinski definition) is 2. The highest BCUT2D eigenvalue weighted by Gasteiger charge is 2.21. The first-order valence-corrected chi connectivity index (χ1v) is 8.76. The predicted molar refractivity (Wildman–Crippen MR) is 94.4 cm³/mol. The minimum atomic E-state index is 0.191. The minimum absolute atomic E-state index is 0.191. The Labute approximate surface area is 138 Å². The number of para-hydroxylation sites is 1. The summed E-state index contributed by atoms with van der Waals surface area (Å²) in [6, 6.07) is 8.30. The van der Waals surface area contributed by atoms with Crippen LogP contribution in [0, 0.1) is 11.8 Å². The monoisotopic (exact) mass is 313 g/mol. The van der Waals surface area contributed by atoms with Crippen molar-refractivity contribution < 1.29 is 4.79 Å². The molecule has 2 aromatic rings. The minimum Gasteiger partial charge on any atom is -0.361 e. The molecular formula is C19H27N3O. The van der Waals surface area contributed by atoms with Crippen LogP contribution in [0.15, 0.2) is 30.5 Å². The molecule has 0 saturated carbocycles. The zero-order valence-corrected chi connectivity index (χ0v) is 13.9. The second-order valence-corrected chi connectivity index (χ2v) is 6.73. The quantitative estimate of drug-likeness (QED) is 0.768. The highest BCUT2D eigenvalue weighted by molar-refractivity contribution is 5.83. The van der Waals surface area contributed by atoms with Crippen LogP contribution in [-0.4, -0.2) is 30.5 Å². The molecule has 124 valence electrons. The molecule has 4 heteroatoms. The highest BCUT2D eigenvalue weighted by Crippen LogP contribution is 2.24. The van der Waals surface area contributed by atoms with E-state index in [2.05, 4.69) is 46.9 Å². The van der Waals surface area contributed by atoms with Gasteiger partial charge in [0.1, 0.15) is 0 Å². The molecule has 1 atom stereocenters. The molecule has 4 nitrogen and oxygen atoms in total. The molecule has 3 N–H and O–H groups in total. The number of amides is 1. The van der Waals surface area contributed by atoms with Crippen LogP contribution in [0.1, 0.15) is 31.7 Å². The molecule has 1 aromatic carbocycles. The summed E-state index contributed by atoms with van der Waals surface area (Å²) >= 11 is 0. The van der Waals surface area contributed by atoms with E-state index in [0.29, 0.717) is 24.8 Å². The Morgan fingerprint density at radius 1 is 1.30 bits per heavy atom. The van der Waals surface area contributed by atoms with Crippen molar-refractivity contribution in [1.29, 1.82) is 0 Å². The van der Waals surface area contributed by atoms with Crippen molar-refractivity contribution in [1.82, 2.24) is 15.6 Å². The van der Waals surface area contributed by atoms with E-state index in [4.69, 9.17) is 0 Å². The van der Waals surface area contributed by atoms with Gasteiger partial charge in [0.05, 0.1) is 0 Å². The van der Waals surface area contributed by atoms with Gasteiger partial charge in [-0.3, -0.25) is 4.79 Å². The second-order valence-electron chi connectivity index (χ2n) is 6.73. The Morgan fingerprint density at radius 2 is 2.09 bits per heavy atom. The number of aromatic nitrogens is 1. The van der Waals surface area contributed by atoms with Crippen LogP contribution in [0.25, 0.3) is 10.9 Å². The number of piperidine rings is 1. The first-order chi connectivity index (χ1) is 11.2. The summed E-state index contributed by atoms with van der Waals surface area (Å²) in [6.45, 7) is 5.11. The van der Waals surface area contributed by atoms with E-state index in [-0.39, 0.29) is 5.91 Å². The van der Waals surface area contributed by atoms with Crippen LogP contribution in [-0.2, 0) is 11.2 Å². The van der Waals surface area contributed by atoms with Crippen molar-refractivity contribution in [2.24, 2.45) is 11.8 Å². The number of carbonyl (C=O) groups excluding carboxylic acids is 1. The van der Waals surface area contributed by atoms with Crippen LogP contribution in [0.3, 0.4) is 0 Å². The van der Waals surface area contributed by atoms with Gasteiger partial charge in [0, 0.05) is 30.1 Å². The van der Waals surface area contributed by atoms with Crippen LogP contribution in [0.2, 0.25) is 0 Å². The SMILES string of the molecule is CC(CC(=O)NCCc1c[nH]c2ccccc12)C1CCNCC1. The van der Waals surface area contributed by atoms with Crippen molar-refractivity contribution in [3.63, 3.8) is 0 Å². The maximum Gasteiger partial charge on any atom is 0.220 e.